The van der Waals surface area contributed by atoms with Crippen molar-refractivity contribution in [2.75, 3.05) is 39.6 Å². The molecular formula is C17H27NO7. The van der Waals surface area contributed by atoms with E-state index in [-0.39, 0.29) is 39.0 Å². The maximum atomic E-state index is 12.2. The maximum Gasteiger partial charge on any atom is 0.407 e. The van der Waals surface area contributed by atoms with E-state index >= 15 is 0 Å². The highest BCUT2D eigenvalue weighted by Crippen LogP contribution is 2.55. The van der Waals surface area contributed by atoms with E-state index in [9.17, 15) is 14.4 Å². The maximum absolute atomic E-state index is 12.2. The van der Waals surface area contributed by atoms with E-state index in [1.807, 2.05) is 6.92 Å². The number of hydrogen-bond acceptors (Lipinski definition) is 7. The second kappa shape index (κ2) is 10.7. The van der Waals surface area contributed by atoms with Crippen molar-refractivity contribution < 1.29 is 33.3 Å². The fraction of sp³-hybridized carbons (Fsp3) is 0.706. The van der Waals surface area contributed by atoms with Gasteiger partial charge in [-0.25, -0.2) is 4.79 Å². The Hall–Kier alpha value is -2.09. The molecule has 0 aliphatic heterocycles. The molecule has 0 aromatic heterocycles. The molecule has 0 saturated heterocycles. The van der Waals surface area contributed by atoms with Crippen molar-refractivity contribution in [2.24, 2.45) is 11.3 Å². The number of amides is 1. The summed E-state index contributed by atoms with van der Waals surface area (Å²) < 4.78 is 20.2. The van der Waals surface area contributed by atoms with Gasteiger partial charge in [-0.1, -0.05) is 13.0 Å². The van der Waals surface area contributed by atoms with Crippen LogP contribution in [0.2, 0.25) is 0 Å². The first-order valence-electron chi connectivity index (χ1n) is 8.48. The van der Waals surface area contributed by atoms with Gasteiger partial charge in [-0.2, -0.15) is 0 Å². The average molecular weight is 357 g/mol. The Balaban J connectivity index is 2.19. The van der Waals surface area contributed by atoms with Crippen molar-refractivity contribution in [1.29, 1.82) is 0 Å². The first kappa shape index (κ1) is 21.0. The largest absolute Gasteiger partial charge is 0.465 e. The first-order chi connectivity index (χ1) is 12.0. The zero-order chi connectivity index (χ0) is 18.7. The highest BCUT2D eigenvalue weighted by Gasteiger charge is 2.67. The van der Waals surface area contributed by atoms with Crippen LogP contribution in [0.4, 0.5) is 4.79 Å². The molecule has 0 radical (unpaired) electrons. The normalized spacial score (nSPS) is 21.1. The second-order valence-corrected chi connectivity index (χ2v) is 5.55. The van der Waals surface area contributed by atoms with Gasteiger partial charge in [0, 0.05) is 12.5 Å². The summed E-state index contributed by atoms with van der Waals surface area (Å²) >= 11 is 0. The van der Waals surface area contributed by atoms with Gasteiger partial charge in [-0.15, -0.1) is 6.58 Å². The van der Waals surface area contributed by atoms with E-state index in [1.54, 1.807) is 13.0 Å². The summed E-state index contributed by atoms with van der Waals surface area (Å²) in [5.74, 6) is -1.44. The summed E-state index contributed by atoms with van der Waals surface area (Å²) in [6.45, 7) is 8.44. The first-order valence-corrected chi connectivity index (χ1v) is 8.48. The number of esters is 2. The van der Waals surface area contributed by atoms with Gasteiger partial charge in [0.05, 0.1) is 19.8 Å². The fourth-order valence-corrected chi connectivity index (χ4v) is 2.28. The standard InChI is InChI=1S/C17H27NO7/c1-4-7-18-16(21)25-11-9-22-8-10-24-15(20)17(12-13(17)5-2)14(19)23-6-3/h5,13H,2,4,6-12H2,1,3H3,(H,18,21). The second-order valence-electron chi connectivity index (χ2n) is 5.55. The highest BCUT2D eigenvalue weighted by molar-refractivity contribution is 6.04. The lowest BCUT2D eigenvalue weighted by molar-refractivity contribution is -0.165. The van der Waals surface area contributed by atoms with Gasteiger partial charge < -0.3 is 24.3 Å². The molecule has 1 aliphatic carbocycles. The summed E-state index contributed by atoms with van der Waals surface area (Å²) in [7, 11) is 0. The van der Waals surface area contributed by atoms with Gasteiger partial charge in [0.2, 0.25) is 0 Å². The summed E-state index contributed by atoms with van der Waals surface area (Å²) in [5.41, 5.74) is -1.25. The van der Waals surface area contributed by atoms with Crippen molar-refractivity contribution in [3.05, 3.63) is 12.7 Å². The Bertz CT molecular complexity index is 480. The van der Waals surface area contributed by atoms with E-state index in [2.05, 4.69) is 11.9 Å². The number of carbonyl (C=O) groups is 3. The molecule has 0 spiro atoms. The zero-order valence-corrected chi connectivity index (χ0v) is 14.9. The monoisotopic (exact) mass is 357 g/mol. The molecule has 2 unspecified atom stereocenters. The Morgan fingerprint density at radius 1 is 1.08 bits per heavy atom. The summed E-state index contributed by atoms with van der Waals surface area (Å²) in [6.07, 6.45) is 2.26. The minimum atomic E-state index is -1.25. The minimum absolute atomic E-state index is 0.00584. The molecule has 1 rings (SSSR count). The van der Waals surface area contributed by atoms with Gasteiger partial charge in [0.1, 0.15) is 13.2 Å². The fourth-order valence-electron chi connectivity index (χ4n) is 2.28. The Kier molecular flexibility index (Phi) is 8.98. The van der Waals surface area contributed by atoms with E-state index in [0.29, 0.717) is 13.0 Å². The number of carbonyl (C=O) groups excluding carboxylic acids is 3. The third-order valence-corrected chi connectivity index (χ3v) is 3.74. The van der Waals surface area contributed by atoms with Gasteiger partial charge in [0.25, 0.3) is 0 Å². The number of alkyl carbamates (subject to hydrolysis) is 1. The molecule has 142 valence electrons. The lowest BCUT2D eigenvalue weighted by Gasteiger charge is -2.14. The van der Waals surface area contributed by atoms with Crippen molar-refractivity contribution in [2.45, 2.75) is 26.7 Å². The Labute approximate surface area is 147 Å². The Morgan fingerprint density at radius 3 is 2.28 bits per heavy atom. The van der Waals surface area contributed by atoms with Gasteiger partial charge in [0.15, 0.2) is 5.41 Å². The molecule has 8 nitrogen and oxygen atoms in total. The van der Waals surface area contributed by atoms with Crippen molar-refractivity contribution in [3.8, 4) is 0 Å². The number of ether oxygens (including phenoxy) is 4. The quantitative estimate of drug-likeness (QED) is 0.185. The molecule has 25 heavy (non-hydrogen) atoms. The molecule has 8 heteroatoms. The number of rotatable bonds is 12. The van der Waals surface area contributed by atoms with Crippen LogP contribution in [0.5, 0.6) is 0 Å². The summed E-state index contributed by atoms with van der Waals surface area (Å²) in [4.78, 5) is 35.3. The molecule has 1 saturated carbocycles. The molecule has 0 aromatic carbocycles. The third kappa shape index (κ3) is 6.04. The topological polar surface area (TPSA) is 100 Å². The van der Waals surface area contributed by atoms with Crippen molar-refractivity contribution in [3.63, 3.8) is 0 Å². The van der Waals surface area contributed by atoms with Crippen molar-refractivity contribution >= 4 is 18.0 Å². The average Bonchev–Trinajstić information content (AvgIpc) is 3.35. The molecule has 1 amide bonds. The van der Waals surface area contributed by atoms with Crippen LogP contribution in [0.15, 0.2) is 12.7 Å². The summed E-state index contributed by atoms with van der Waals surface area (Å²) in [5, 5.41) is 2.57. The molecule has 0 bridgehead atoms. The zero-order valence-electron chi connectivity index (χ0n) is 14.9. The smallest absolute Gasteiger partial charge is 0.407 e. The van der Waals surface area contributed by atoms with E-state index < -0.39 is 23.4 Å². The lowest BCUT2D eigenvalue weighted by Crippen LogP contribution is -2.32. The molecule has 1 fully saturated rings. The van der Waals surface area contributed by atoms with Crippen LogP contribution >= 0.6 is 0 Å². The number of allylic oxidation sites excluding steroid dienone is 1. The molecule has 1 aliphatic rings. The van der Waals surface area contributed by atoms with Gasteiger partial charge >= 0.3 is 18.0 Å². The minimum Gasteiger partial charge on any atom is -0.465 e. The molecule has 0 aromatic rings. The Morgan fingerprint density at radius 2 is 1.72 bits per heavy atom. The van der Waals surface area contributed by atoms with E-state index in [0.717, 1.165) is 6.42 Å². The molecule has 2 atom stereocenters. The van der Waals surface area contributed by atoms with Crippen LogP contribution in [0.1, 0.15) is 26.7 Å². The van der Waals surface area contributed by atoms with Crippen LogP contribution in [0, 0.1) is 11.3 Å². The number of hydrogen-bond donors (Lipinski definition) is 1. The van der Waals surface area contributed by atoms with Crippen molar-refractivity contribution in [1.82, 2.24) is 5.32 Å². The van der Waals surface area contributed by atoms with Gasteiger partial charge in [-0.3, -0.25) is 9.59 Å². The van der Waals surface area contributed by atoms with E-state index in [1.165, 1.54) is 0 Å². The lowest BCUT2D eigenvalue weighted by atomic mass is 10.0. The van der Waals surface area contributed by atoms with Crippen LogP contribution in [0.25, 0.3) is 0 Å². The van der Waals surface area contributed by atoms with Gasteiger partial charge in [-0.05, 0) is 19.8 Å². The SMILES string of the molecule is C=CC1CC1(C(=O)OCC)C(=O)OCCOCCOC(=O)NCCC. The highest BCUT2D eigenvalue weighted by atomic mass is 16.6. The molecule has 0 heterocycles. The molecule has 1 N–H and O–H groups in total. The predicted octanol–water partition coefficient (Wildman–Crippen LogP) is 1.44. The predicted molar refractivity (Wildman–Crippen MR) is 88.8 cm³/mol. The molecular weight excluding hydrogens is 330 g/mol. The van der Waals surface area contributed by atoms with Crippen LogP contribution < -0.4 is 5.32 Å². The van der Waals surface area contributed by atoms with Crippen LogP contribution in [-0.4, -0.2) is 57.6 Å². The summed E-state index contributed by atoms with van der Waals surface area (Å²) in [6, 6.07) is 0. The number of nitrogens with one attached hydrogen (secondary N) is 1. The van der Waals surface area contributed by atoms with E-state index in [4.69, 9.17) is 18.9 Å². The third-order valence-electron chi connectivity index (χ3n) is 3.74. The van der Waals surface area contributed by atoms with Crippen LogP contribution in [-0.2, 0) is 28.5 Å². The van der Waals surface area contributed by atoms with Crippen LogP contribution in [0.3, 0.4) is 0 Å².